The van der Waals surface area contributed by atoms with Crippen LogP contribution < -0.4 is 4.74 Å². The Labute approximate surface area is 183 Å². The average molecular weight is 435 g/mol. The third-order valence-electron chi connectivity index (χ3n) is 5.98. The van der Waals surface area contributed by atoms with Gasteiger partial charge in [0.05, 0.1) is 24.7 Å². The number of nitrogens with zero attached hydrogens (tertiary/aromatic N) is 5. The Kier molecular flexibility index (Phi) is 4.88. The first-order valence-electron chi connectivity index (χ1n) is 10.4. The predicted molar refractivity (Wildman–Crippen MR) is 117 cm³/mol. The molecule has 32 heavy (non-hydrogen) atoms. The van der Waals surface area contributed by atoms with Gasteiger partial charge in [-0.3, -0.25) is 0 Å². The maximum Gasteiger partial charge on any atom is 0.407 e. The molecule has 0 aliphatic carbocycles. The number of amides is 1. The van der Waals surface area contributed by atoms with Crippen LogP contribution in [0.4, 0.5) is 9.18 Å². The van der Waals surface area contributed by atoms with Crippen molar-refractivity contribution in [3.05, 3.63) is 53.7 Å². The number of imidazole rings is 1. The van der Waals surface area contributed by atoms with Crippen molar-refractivity contribution in [1.82, 2.24) is 24.5 Å². The first-order chi connectivity index (χ1) is 15.4. The average Bonchev–Trinajstić information content (AvgIpc) is 3.18. The van der Waals surface area contributed by atoms with Gasteiger partial charge in [0, 0.05) is 41.7 Å². The van der Waals surface area contributed by atoms with Gasteiger partial charge in [-0.05, 0) is 38.0 Å². The smallest absolute Gasteiger partial charge is 0.407 e. The van der Waals surface area contributed by atoms with Gasteiger partial charge in [-0.2, -0.15) is 5.10 Å². The number of ether oxygens (including phenoxy) is 1. The number of fused-ring (bicyclic) bond motifs is 2. The van der Waals surface area contributed by atoms with E-state index >= 15 is 4.39 Å². The molecule has 1 aliphatic rings. The quantitative estimate of drug-likeness (QED) is 0.517. The highest BCUT2D eigenvalue weighted by atomic mass is 19.1. The number of hydrogen-bond acceptors (Lipinski definition) is 5. The number of aromatic nitrogens is 4. The highest BCUT2D eigenvalue weighted by Gasteiger charge is 2.24. The van der Waals surface area contributed by atoms with Crippen LogP contribution >= 0.6 is 0 Å². The van der Waals surface area contributed by atoms with E-state index < -0.39 is 11.9 Å². The monoisotopic (exact) mass is 435 g/mol. The number of carbonyl (C=O) groups is 1. The van der Waals surface area contributed by atoms with Crippen LogP contribution in [-0.4, -0.2) is 55.9 Å². The molecule has 1 amide bonds. The van der Waals surface area contributed by atoms with Gasteiger partial charge in [-0.1, -0.05) is 6.07 Å². The number of hydrogen-bond donors (Lipinski definition) is 1. The minimum atomic E-state index is -0.900. The molecule has 9 heteroatoms. The Hall–Kier alpha value is -3.75. The highest BCUT2D eigenvalue weighted by Crippen LogP contribution is 2.32. The van der Waals surface area contributed by atoms with Crippen molar-refractivity contribution in [3.8, 4) is 17.0 Å². The number of pyridine rings is 1. The van der Waals surface area contributed by atoms with Crippen LogP contribution in [-0.2, 0) is 0 Å². The molecule has 1 N–H and O–H groups in total. The maximum atomic E-state index is 15.1. The Balaban J connectivity index is 1.50. The van der Waals surface area contributed by atoms with Crippen molar-refractivity contribution in [2.75, 3.05) is 20.2 Å². The summed E-state index contributed by atoms with van der Waals surface area (Å²) in [7, 11) is 1.57. The Bertz CT molecular complexity index is 1340. The van der Waals surface area contributed by atoms with Crippen LogP contribution in [0.3, 0.4) is 0 Å². The van der Waals surface area contributed by atoms with E-state index in [4.69, 9.17) is 9.84 Å². The molecule has 0 bridgehead atoms. The van der Waals surface area contributed by atoms with E-state index in [9.17, 15) is 4.79 Å². The number of rotatable bonds is 3. The number of methoxy groups -OCH3 is 1. The minimum absolute atomic E-state index is 0.117. The molecule has 0 unspecified atom stereocenters. The van der Waals surface area contributed by atoms with E-state index in [-0.39, 0.29) is 5.92 Å². The van der Waals surface area contributed by atoms with Crippen molar-refractivity contribution in [2.45, 2.75) is 25.7 Å². The number of piperidine rings is 1. The summed E-state index contributed by atoms with van der Waals surface area (Å²) in [4.78, 5) is 21.5. The lowest BCUT2D eigenvalue weighted by Crippen LogP contribution is -2.36. The molecule has 4 aromatic rings. The molecule has 1 aromatic carbocycles. The molecule has 8 nitrogen and oxygen atoms in total. The molecule has 0 atom stereocenters. The lowest BCUT2D eigenvalue weighted by Gasteiger charge is -2.29. The van der Waals surface area contributed by atoms with E-state index in [0.717, 1.165) is 11.4 Å². The Morgan fingerprint density at radius 1 is 1.19 bits per heavy atom. The first kappa shape index (κ1) is 20.2. The zero-order chi connectivity index (χ0) is 22.4. The van der Waals surface area contributed by atoms with Gasteiger partial charge in [0.25, 0.3) is 0 Å². The Morgan fingerprint density at radius 2 is 1.97 bits per heavy atom. The minimum Gasteiger partial charge on any atom is -0.493 e. The molecule has 4 heterocycles. The van der Waals surface area contributed by atoms with Gasteiger partial charge in [0.15, 0.2) is 11.4 Å². The summed E-state index contributed by atoms with van der Waals surface area (Å²) < 4.78 is 22.2. The number of halogens is 1. The topological polar surface area (TPSA) is 92.8 Å². The summed E-state index contributed by atoms with van der Waals surface area (Å²) in [6, 6.07) is 8.82. The van der Waals surface area contributed by atoms with Crippen molar-refractivity contribution < 1.29 is 19.0 Å². The second-order valence-electron chi connectivity index (χ2n) is 8.06. The van der Waals surface area contributed by atoms with E-state index in [1.54, 1.807) is 23.9 Å². The predicted octanol–water partition coefficient (Wildman–Crippen LogP) is 4.26. The van der Waals surface area contributed by atoms with Gasteiger partial charge in [0.1, 0.15) is 11.3 Å². The molecule has 1 aliphatic heterocycles. The fourth-order valence-electron chi connectivity index (χ4n) is 4.30. The highest BCUT2D eigenvalue weighted by molar-refractivity contribution is 5.85. The van der Waals surface area contributed by atoms with Gasteiger partial charge in [-0.25, -0.2) is 23.7 Å². The second kappa shape index (κ2) is 7.74. The van der Waals surface area contributed by atoms with E-state index in [2.05, 4.69) is 15.1 Å². The summed E-state index contributed by atoms with van der Waals surface area (Å²) in [6.45, 7) is 2.80. The van der Waals surface area contributed by atoms with Crippen molar-refractivity contribution in [2.24, 2.45) is 0 Å². The molecule has 5 rings (SSSR count). The molecular weight excluding hydrogens is 413 g/mol. The normalized spacial score (nSPS) is 14.9. The Morgan fingerprint density at radius 3 is 2.69 bits per heavy atom. The standard InChI is InChI=1S/C23H22FN5O3/c1-13-12-29-22(25-13)20(32-2)11-19(27-29)16-9-15-3-4-18(26-21(15)17(24)10-16)14-5-7-28(8-6-14)23(30)31/h3-4,9-12,14H,5-8H2,1-2H3,(H,30,31). The van der Waals surface area contributed by atoms with Crippen LogP contribution in [0.1, 0.15) is 30.1 Å². The second-order valence-corrected chi connectivity index (χ2v) is 8.06. The van der Waals surface area contributed by atoms with Gasteiger partial charge in [0.2, 0.25) is 0 Å². The van der Waals surface area contributed by atoms with Crippen LogP contribution in [0.25, 0.3) is 27.8 Å². The molecular formula is C23H22FN5O3. The number of aryl methyl sites for hydroxylation is 1. The number of carboxylic acid groups (broad SMARTS) is 1. The lowest BCUT2D eigenvalue weighted by molar-refractivity contribution is 0.132. The van der Waals surface area contributed by atoms with Crippen LogP contribution in [0.5, 0.6) is 5.75 Å². The van der Waals surface area contributed by atoms with Crippen molar-refractivity contribution in [3.63, 3.8) is 0 Å². The number of likely N-dealkylation sites (tertiary alicyclic amines) is 1. The van der Waals surface area contributed by atoms with Crippen molar-refractivity contribution >= 4 is 22.6 Å². The van der Waals surface area contributed by atoms with Crippen LogP contribution in [0.2, 0.25) is 0 Å². The summed E-state index contributed by atoms with van der Waals surface area (Å²) in [6.07, 6.45) is 2.25. The number of benzene rings is 1. The molecule has 0 saturated carbocycles. The molecule has 3 aromatic heterocycles. The molecule has 164 valence electrons. The van der Waals surface area contributed by atoms with E-state index in [1.807, 2.05) is 25.1 Å². The largest absolute Gasteiger partial charge is 0.493 e. The summed E-state index contributed by atoms with van der Waals surface area (Å²) >= 11 is 0. The van der Waals surface area contributed by atoms with Gasteiger partial charge in [-0.15, -0.1) is 0 Å². The van der Waals surface area contributed by atoms with E-state index in [0.29, 0.717) is 59.5 Å². The third-order valence-corrected chi connectivity index (χ3v) is 5.98. The zero-order valence-corrected chi connectivity index (χ0v) is 17.7. The summed E-state index contributed by atoms with van der Waals surface area (Å²) in [5.41, 5.74) is 3.70. The molecule has 1 fully saturated rings. The third kappa shape index (κ3) is 3.49. The fourth-order valence-corrected chi connectivity index (χ4v) is 4.30. The molecule has 0 spiro atoms. The molecule has 1 saturated heterocycles. The van der Waals surface area contributed by atoms with E-state index in [1.165, 1.54) is 11.0 Å². The summed E-state index contributed by atoms with van der Waals surface area (Å²) in [5.74, 6) is 0.252. The SMILES string of the molecule is COc1cc(-c2cc(F)c3nc(C4CCN(C(=O)O)CC4)ccc3c2)nn2cc(C)nc12. The first-order valence-corrected chi connectivity index (χ1v) is 10.4. The molecule has 0 radical (unpaired) electrons. The van der Waals surface area contributed by atoms with Crippen molar-refractivity contribution in [1.29, 1.82) is 0 Å². The zero-order valence-electron chi connectivity index (χ0n) is 17.7. The van der Waals surface area contributed by atoms with Gasteiger partial charge >= 0.3 is 6.09 Å². The van der Waals surface area contributed by atoms with Gasteiger partial charge < -0.3 is 14.7 Å². The summed E-state index contributed by atoms with van der Waals surface area (Å²) in [5, 5.41) is 14.4. The maximum absolute atomic E-state index is 15.1. The fraction of sp³-hybridized carbons (Fsp3) is 0.304. The van der Waals surface area contributed by atoms with Crippen LogP contribution in [0, 0.1) is 12.7 Å². The van der Waals surface area contributed by atoms with Crippen LogP contribution in [0.15, 0.2) is 36.5 Å². The lowest BCUT2D eigenvalue weighted by atomic mass is 9.92.